The summed E-state index contributed by atoms with van der Waals surface area (Å²) in [5.41, 5.74) is 1.52. The Morgan fingerprint density at radius 1 is 1.17 bits per heavy atom. The number of unbranched alkanes of at least 4 members (excludes halogenated alkanes) is 2. The minimum Gasteiger partial charge on any atom is -1.00 e. The molecular weight excluding hydrogens is 411 g/mol. The van der Waals surface area contributed by atoms with Crippen LogP contribution in [0.2, 0.25) is 5.04 Å². The van der Waals surface area contributed by atoms with Crippen molar-refractivity contribution in [3.63, 3.8) is 0 Å². The van der Waals surface area contributed by atoms with E-state index >= 15 is 0 Å². The van der Waals surface area contributed by atoms with Crippen LogP contribution in [-0.2, 0) is 21.7 Å². The van der Waals surface area contributed by atoms with Gasteiger partial charge in [-0.2, -0.15) is 22.9 Å². The average molecular weight is 440 g/mol. The first kappa shape index (κ1) is 29.4. The third-order valence-electron chi connectivity index (χ3n) is 4.56. The summed E-state index contributed by atoms with van der Waals surface area (Å²) >= 11 is 0. The molecule has 1 aromatic carbocycles. The van der Waals surface area contributed by atoms with Crippen molar-refractivity contribution in [1.29, 1.82) is 0 Å². The third-order valence-corrected chi connectivity index (χ3v) is 6.99. The Morgan fingerprint density at radius 3 is 2.38 bits per heavy atom. The SMILES string of the molecule is CCCCCC1([SiH2][c-]2ccc(C(C)C)c2)C=CC=CC1.[Cl-].[Cl-].[Cl-].[Ti+4]. The minimum absolute atomic E-state index is 0. The van der Waals surface area contributed by atoms with Gasteiger partial charge < -0.3 is 37.2 Å². The molecular formula is C19H29Cl3SiTi. The maximum Gasteiger partial charge on any atom is 4.00 e. The Bertz CT molecular complexity index is 483. The van der Waals surface area contributed by atoms with E-state index in [2.05, 4.69) is 63.3 Å². The topological polar surface area (TPSA) is 0 Å². The molecule has 0 N–H and O–H groups in total. The Hall–Kier alpha value is 0.631. The Morgan fingerprint density at radius 2 is 1.88 bits per heavy atom. The first-order valence-electron chi connectivity index (χ1n) is 8.25. The molecule has 1 atom stereocenters. The fourth-order valence-corrected chi connectivity index (χ4v) is 5.61. The molecule has 134 valence electrons. The number of hydrogen-bond acceptors (Lipinski definition) is 0. The molecule has 24 heavy (non-hydrogen) atoms. The van der Waals surface area contributed by atoms with Gasteiger partial charge in [0, 0.05) is 9.52 Å². The summed E-state index contributed by atoms with van der Waals surface area (Å²) in [6.45, 7) is 6.88. The molecule has 0 fully saturated rings. The molecule has 0 spiro atoms. The van der Waals surface area contributed by atoms with E-state index < -0.39 is 0 Å². The van der Waals surface area contributed by atoms with Crippen LogP contribution < -0.4 is 42.4 Å². The van der Waals surface area contributed by atoms with E-state index in [9.17, 15) is 0 Å². The fourth-order valence-electron chi connectivity index (χ4n) is 3.23. The van der Waals surface area contributed by atoms with Crippen molar-refractivity contribution in [2.24, 2.45) is 0 Å². The first-order valence-corrected chi connectivity index (χ1v) is 9.66. The second-order valence-corrected chi connectivity index (χ2v) is 9.27. The van der Waals surface area contributed by atoms with Gasteiger partial charge in [-0.1, -0.05) is 70.3 Å². The molecule has 0 bridgehead atoms. The van der Waals surface area contributed by atoms with Crippen molar-refractivity contribution in [2.75, 3.05) is 0 Å². The van der Waals surface area contributed by atoms with E-state index in [4.69, 9.17) is 0 Å². The summed E-state index contributed by atoms with van der Waals surface area (Å²) in [5, 5.41) is 2.16. The Kier molecular flexibility index (Phi) is 18.1. The second kappa shape index (κ2) is 14.8. The van der Waals surface area contributed by atoms with Gasteiger partial charge in [0.15, 0.2) is 0 Å². The summed E-state index contributed by atoms with van der Waals surface area (Å²) in [4.78, 5) is 0. The number of hydrogen-bond donors (Lipinski definition) is 0. The quantitative estimate of drug-likeness (QED) is 0.229. The molecule has 0 heterocycles. The van der Waals surface area contributed by atoms with Gasteiger partial charge in [0.1, 0.15) is 0 Å². The van der Waals surface area contributed by atoms with Crippen LogP contribution >= 0.6 is 0 Å². The van der Waals surface area contributed by atoms with E-state index in [0.29, 0.717) is 11.0 Å². The Balaban J connectivity index is -0.00000110. The van der Waals surface area contributed by atoms with Crippen molar-refractivity contribution in [2.45, 2.75) is 63.8 Å². The van der Waals surface area contributed by atoms with E-state index in [1.54, 1.807) is 5.19 Å². The van der Waals surface area contributed by atoms with E-state index in [0.717, 1.165) is 0 Å². The molecule has 0 amide bonds. The summed E-state index contributed by atoms with van der Waals surface area (Å²) in [6.07, 6.45) is 16.2. The van der Waals surface area contributed by atoms with Crippen LogP contribution in [0.1, 0.15) is 64.4 Å². The third kappa shape index (κ3) is 8.83. The summed E-state index contributed by atoms with van der Waals surface area (Å²) in [6, 6.07) is 7.22. The fraction of sp³-hybridized carbons (Fsp3) is 0.526. The van der Waals surface area contributed by atoms with Gasteiger partial charge in [-0.15, -0.1) is 0 Å². The standard InChI is InChI=1S/C19H29Si.3ClH.Ti/c1-4-5-7-12-19(13-8-6-9-14-19)20-18-11-10-17(15-18)16(2)3;;;;/h6,8-11,13,15-16H,4-5,7,12,14,20H2,1-3H3;3*1H;/q-1;;;;+4/p-3. The van der Waals surface area contributed by atoms with Gasteiger partial charge in [-0.3, -0.25) is 0 Å². The van der Waals surface area contributed by atoms with E-state index in [-0.39, 0.29) is 68.5 Å². The van der Waals surface area contributed by atoms with Crippen LogP contribution in [-0.4, -0.2) is 9.52 Å². The zero-order valence-corrected chi connectivity index (χ0v) is 20.2. The maximum atomic E-state index is 2.52. The van der Waals surface area contributed by atoms with Crippen LogP contribution in [0.4, 0.5) is 0 Å². The first-order chi connectivity index (χ1) is 9.65. The summed E-state index contributed by atoms with van der Waals surface area (Å²) in [7, 11) is -0.241. The van der Waals surface area contributed by atoms with Crippen molar-refractivity contribution in [1.82, 2.24) is 0 Å². The minimum atomic E-state index is -0.241. The average Bonchev–Trinajstić information content (AvgIpc) is 2.88. The Labute approximate surface area is 184 Å². The molecule has 1 aromatic rings. The molecule has 0 radical (unpaired) electrons. The largest absolute Gasteiger partial charge is 4.00 e. The number of rotatable bonds is 7. The van der Waals surface area contributed by atoms with Gasteiger partial charge in [0.05, 0.1) is 0 Å². The molecule has 0 nitrogen and oxygen atoms in total. The maximum absolute atomic E-state index is 2.52. The van der Waals surface area contributed by atoms with Crippen molar-refractivity contribution in [3.05, 3.63) is 48.1 Å². The van der Waals surface area contributed by atoms with Crippen LogP contribution in [0, 0.1) is 0 Å². The zero-order chi connectivity index (χ0) is 14.4. The van der Waals surface area contributed by atoms with Crippen LogP contribution in [0.25, 0.3) is 0 Å². The molecule has 2 rings (SSSR count). The van der Waals surface area contributed by atoms with E-state index in [1.165, 1.54) is 37.7 Å². The molecule has 1 aliphatic rings. The summed E-state index contributed by atoms with van der Waals surface area (Å²) in [5.74, 6) is 0.663. The van der Waals surface area contributed by atoms with Crippen molar-refractivity contribution in [3.8, 4) is 0 Å². The monoisotopic (exact) mass is 438 g/mol. The normalized spacial score (nSPS) is 18.7. The summed E-state index contributed by atoms with van der Waals surface area (Å²) < 4.78 is 0. The molecule has 1 unspecified atom stereocenters. The molecule has 1 aliphatic carbocycles. The van der Waals surface area contributed by atoms with Crippen molar-refractivity contribution >= 4 is 14.7 Å². The molecule has 0 saturated carbocycles. The van der Waals surface area contributed by atoms with Crippen LogP contribution in [0.5, 0.6) is 0 Å². The second-order valence-electron chi connectivity index (χ2n) is 6.69. The van der Waals surface area contributed by atoms with Gasteiger partial charge in [0.25, 0.3) is 0 Å². The van der Waals surface area contributed by atoms with Crippen LogP contribution in [0.15, 0.2) is 42.5 Å². The molecule has 0 aromatic heterocycles. The number of allylic oxidation sites excluding steroid dienone is 4. The van der Waals surface area contributed by atoms with E-state index in [1.807, 2.05) is 0 Å². The van der Waals surface area contributed by atoms with Gasteiger partial charge >= 0.3 is 21.7 Å². The predicted octanol–water partition coefficient (Wildman–Crippen LogP) is -4.41. The van der Waals surface area contributed by atoms with Crippen LogP contribution in [0.3, 0.4) is 0 Å². The van der Waals surface area contributed by atoms with Gasteiger partial charge in [0.2, 0.25) is 0 Å². The van der Waals surface area contributed by atoms with Crippen molar-refractivity contribution < 1.29 is 58.9 Å². The molecule has 5 heteroatoms. The van der Waals surface area contributed by atoms with Gasteiger partial charge in [-0.05, 0) is 17.9 Å². The zero-order valence-electron chi connectivity index (χ0n) is 15.0. The number of halogens is 3. The molecule has 0 saturated heterocycles. The smallest absolute Gasteiger partial charge is 1.00 e. The molecule has 0 aliphatic heterocycles. The predicted molar refractivity (Wildman–Crippen MR) is 94.0 cm³/mol. The van der Waals surface area contributed by atoms with Gasteiger partial charge in [-0.25, -0.2) is 6.07 Å².